The average Bonchev–Trinajstić information content (AvgIpc) is 2.65. The molecule has 0 aliphatic rings. The first-order chi connectivity index (χ1) is 6.79. The number of aromatic nitrogens is 2. The third kappa shape index (κ3) is 1.84. The predicted octanol–water partition coefficient (Wildman–Crippen LogP) is 2.38. The van der Waals surface area contributed by atoms with Gasteiger partial charge in [0.15, 0.2) is 0 Å². The van der Waals surface area contributed by atoms with Crippen molar-refractivity contribution in [1.29, 1.82) is 0 Å². The maximum Gasteiger partial charge on any atom is 0.123 e. The Morgan fingerprint density at radius 1 is 1.43 bits per heavy atom. The van der Waals surface area contributed by atoms with Crippen LogP contribution in [0.2, 0.25) is 0 Å². The number of thiophene rings is 1. The Morgan fingerprint density at radius 3 is 2.86 bits per heavy atom. The van der Waals surface area contributed by atoms with Gasteiger partial charge in [0.25, 0.3) is 0 Å². The number of rotatable bonds is 2. The fraction of sp³-hybridized carbons (Fsp3) is 0.111. The van der Waals surface area contributed by atoms with Crippen molar-refractivity contribution in [3.05, 3.63) is 45.1 Å². The summed E-state index contributed by atoms with van der Waals surface area (Å²) in [6, 6.07) is 1.70. The van der Waals surface area contributed by atoms with Crippen LogP contribution in [0.25, 0.3) is 0 Å². The van der Waals surface area contributed by atoms with Crippen molar-refractivity contribution in [2.45, 2.75) is 6.10 Å². The van der Waals surface area contributed by atoms with Crippen LogP contribution in [-0.4, -0.2) is 15.1 Å². The molecule has 72 valence electrons. The quantitative estimate of drug-likeness (QED) is 0.912. The Labute approximate surface area is 93.6 Å². The van der Waals surface area contributed by atoms with Crippen molar-refractivity contribution in [2.75, 3.05) is 0 Å². The lowest BCUT2D eigenvalue weighted by molar-refractivity contribution is 0.215. The molecule has 1 N–H and O–H groups in total. The van der Waals surface area contributed by atoms with E-state index in [9.17, 15) is 5.11 Å². The molecule has 0 saturated heterocycles. The minimum Gasteiger partial charge on any atom is -0.382 e. The zero-order valence-corrected chi connectivity index (χ0v) is 9.49. The molecule has 0 bridgehead atoms. The van der Waals surface area contributed by atoms with E-state index in [2.05, 4.69) is 25.9 Å². The SMILES string of the molecule is OC(c1ccncn1)c1cscc1Br. The summed E-state index contributed by atoms with van der Waals surface area (Å²) in [6.07, 6.45) is 2.36. The second-order valence-corrected chi connectivity index (χ2v) is 4.31. The largest absolute Gasteiger partial charge is 0.382 e. The zero-order valence-electron chi connectivity index (χ0n) is 7.09. The van der Waals surface area contributed by atoms with Gasteiger partial charge in [-0.15, -0.1) is 0 Å². The Kier molecular flexibility index (Phi) is 2.90. The Balaban J connectivity index is 2.34. The van der Waals surface area contributed by atoms with Crippen molar-refractivity contribution in [1.82, 2.24) is 9.97 Å². The summed E-state index contributed by atoms with van der Waals surface area (Å²) in [4.78, 5) is 7.80. The molecule has 5 heteroatoms. The van der Waals surface area contributed by atoms with Gasteiger partial charge in [-0.05, 0) is 27.4 Å². The lowest BCUT2D eigenvalue weighted by Crippen LogP contribution is -2.01. The van der Waals surface area contributed by atoms with Gasteiger partial charge >= 0.3 is 0 Å². The molecule has 2 heterocycles. The van der Waals surface area contributed by atoms with Crippen molar-refractivity contribution < 1.29 is 5.11 Å². The Hall–Kier alpha value is -0.780. The molecule has 0 spiro atoms. The molecular formula is C9H7BrN2OS. The monoisotopic (exact) mass is 270 g/mol. The maximum absolute atomic E-state index is 9.95. The van der Waals surface area contributed by atoms with E-state index in [0.717, 1.165) is 10.0 Å². The number of aliphatic hydroxyl groups excluding tert-OH is 1. The second-order valence-electron chi connectivity index (χ2n) is 2.71. The highest BCUT2D eigenvalue weighted by Crippen LogP contribution is 2.30. The molecule has 0 saturated carbocycles. The summed E-state index contributed by atoms with van der Waals surface area (Å²) < 4.78 is 0.911. The van der Waals surface area contributed by atoms with Gasteiger partial charge in [0.2, 0.25) is 0 Å². The second kappa shape index (κ2) is 4.16. The standard InChI is InChI=1S/C9H7BrN2OS/c10-7-4-14-3-6(7)9(13)8-1-2-11-5-12-8/h1-5,9,13H. The highest BCUT2D eigenvalue weighted by molar-refractivity contribution is 9.10. The van der Waals surface area contributed by atoms with Crippen LogP contribution in [0.15, 0.2) is 33.8 Å². The third-order valence-corrected chi connectivity index (χ3v) is 3.57. The number of hydrogen-bond acceptors (Lipinski definition) is 4. The molecule has 0 aliphatic heterocycles. The van der Waals surface area contributed by atoms with Gasteiger partial charge in [-0.1, -0.05) is 0 Å². The summed E-state index contributed by atoms with van der Waals surface area (Å²) in [5, 5.41) is 13.8. The zero-order chi connectivity index (χ0) is 9.97. The van der Waals surface area contributed by atoms with Crippen LogP contribution in [0, 0.1) is 0 Å². The Morgan fingerprint density at radius 2 is 2.29 bits per heavy atom. The van der Waals surface area contributed by atoms with Crippen LogP contribution in [0.5, 0.6) is 0 Å². The first kappa shape index (κ1) is 9.76. The van der Waals surface area contributed by atoms with E-state index < -0.39 is 6.10 Å². The molecule has 2 aromatic heterocycles. The van der Waals surface area contributed by atoms with Gasteiger partial charge < -0.3 is 5.11 Å². The van der Waals surface area contributed by atoms with Crippen LogP contribution in [0.3, 0.4) is 0 Å². The van der Waals surface area contributed by atoms with Gasteiger partial charge in [0.1, 0.15) is 12.4 Å². The summed E-state index contributed by atoms with van der Waals surface area (Å²) in [5.41, 5.74) is 1.45. The van der Waals surface area contributed by atoms with Crippen LogP contribution < -0.4 is 0 Å². The van der Waals surface area contributed by atoms with Crippen LogP contribution in [0.4, 0.5) is 0 Å². The van der Waals surface area contributed by atoms with E-state index in [-0.39, 0.29) is 0 Å². The van der Waals surface area contributed by atoms with Crippen LogP contribution >= 0.6 is 27.3 Å². The van der Waals surface area contributed by atoms with E-state index >= 15 is 0 Å². The van der Waals surface area contributed by atoms with Crippen molar-refractivity contribution in [3.8, 4) is 0 Å². The van der Waals surface area contributed by atoms with E-state index in [1.165, 1.54) is 17.7 Å². The summed E-state index contributed by atoms with van der Waals surface area (Å²) >= 11 is 4.91. The molecule has 0 aliphatic carbocycles. The minimum absolute atomic E-state index is 0.610. The molecular weight excluding hydrogens is 264 g/mol. The van der Waals surface area contributed by atoms with Gasteiger partial charge in [-0.3, -0.25) is 0 Å². The highest BCUT2D eigenvalue weighted by atomic mass is 79.9. The van der Waals surface area contributed by atoms with Gasteiger partial charge in [0, 0.05) is 21.6 Å². The molecule has 1 atom stereocenters. The number of aliphatic hydroxyl groups is 1. The molecule has 3 nitrogen and oxygen atoms in total. The summed E-state index contributed by atoms with van der Waals surface area (Å²) in [6.45, 7) is 0. The van der Waals surface area contributed by atoms with Crippen molar-refractivity contribution in [3.63, 3.8) is 0 Å². The molecule has 0 aromatic carbocycles. The van der Waals surface area contributed by atoms with Crippen molar-refractivity contribution >= 4 is 27.3 Å². The van der Waals surface area contributed by atoms with Gasteiger partial charge in [0.05, 0.1) is 5.69 Å². The number of halogens is 1. The fourth-order valence-electron chi connectivity index (χ4n) is 1.11. The molecule has 14 heavy (non-hydrogen) atoms. The molecule has 2 aromatic rings. The van der Waals surface area contributed by atoms with Crippen LogP contribution in [0.1, 0.15) is 17.4 Å². The number of hydrogen-bond donors (Lipinski definition) is 1. The lowest BCUT2D eigenvalue weighted by atomic mass is 10.1. The van der Waals surface area contributed by atoms with E-state index in [0.29, 0.717) is 5.69 Å². The summed E-state index contributed by atoms with van der Waals surface area (Å²) in [5.74, 6) is 0. The average molecular weight is 271 g/mol. The topological polar surface area (TPSA) is 46.0 Å². The van der Waals surface area contributed by atoms with Crippen LogP contribution in [-0.2, 0) is 0 Å². The first-order valence-electron chi connectivity index (χ1n) is 3.94. The summed E-state index contributed by atoms with van der Waals surface area (Å²) in [7, 11) is 0. The molecule has 0 fully saturated rings. The first-order valence-corrected chi connectivity index (χ1v) is 5.68. The van der Waals surface area contributed by atoms with E-state index in [1.807, 2.05) is 10.8 Å². The van der Waals surface area contributed by atoms with Crippen molar-refractivity contribution in [2.24, 2.45) is 0 Å². The maximum atomic E-state index is 9.95. The smallest absolute Gasteiger partial charge is 0.123 e. The fourth-order valence-corrected chi connectivity index (χ4v) is 2.64. The molecule has 0 amide bonds. The molecule has 1 unspecified atom stereocenters. The van der Waals surface area contributed by atoms with E-state index in [4.69, 9.17) is 0 Å². The number of nitrogens with zero attached hydrogens (tertiary/aromatic N) is 2. The van der Waals surface area contributed by atoms with Gasteiger partial charge in [-0.25, -0.2) is 9.97 Å². The normalized spacial score (nSPS) is 12.7. The Bertz CT molecular complexity index is 418. The highest BCUT2D eigenvalue weighted by Gasteiger charge is 2.14. The minimum atomic E-state index is -0.682. The predicted molar refractivity (Wildman–Crippen MR) is 58.1 cm³/mol. The third-order valence-electron chi connectivity index (χ3n) is 1.82. The molecule has 2 rings (SSSR count). The van der Waals surface area contributed by atoms with Gasteiger partial charge in [-0.2, -0.15) is 11.3 Å². The van der Waals surface area contributed by atoms with E-state index in [1.54, 1.807) is 12.3 Å². The molecule has 0 radical (unpaired) electrons. The lowest BCUT2D eigenvalue weighted by Gasteiger charge is -2.07.